The minimum atomic E-state index is -3.09. The van der Waals surface area contributed by atoms with Gasteiger partial charge < -0.3 is 9.05 Å². The van der Waals surface area contributed by atoms with Crippen molar-refractivity contribution in [2.45, 2.75) is 68.2 Å². The van der Waals surface area contributed by atoms with Gasteiger partial charge in [0.05, 0.1) is 0 Å². The Morgan fingerprint density at radius 1 is 0.595 bits per heavy atom. The molecule has 0 aromatic heterocycles. The normalized spacial score (nSPS) is 11.1. The van der Waals surface area contributed by atoms with Gasteiger partial charge >= 0.3 is 8.25 Å². The molecule has 42 heavy (non-hydrogen) atoms. The van der Waals surface area contributed by atoms with E-state index in [4.69, 9.17) is 9.05 Å². The Balaban J connectivity index is 1.64. The van der Waals surface area contributed by atoms with E-state index < -0.39 is 8.25 Å². The number of ketones is 2. The predicted octanol–water partition coefficient (Wildman–Crippen LogP) is 8.97. The summed E-state index contributed by atoms with van der Waals surface area (Å²) in [4.78, 5) is 27.4. The Morgan fingerprint density at radius 3 is 1.24 bits per heavy atom. The topological polar surface area (TPSA) is 69.7 Å². The van der Waals surface area contributed by atoms with E-state index in [1.54, 1.807) is 36.4 Å². The van der Waals surface area contributed by atoms with Gasteiger partial charge in [0.15, 0.2) is 11.6 Å². The van der Waals surface area contributed by atoms with Crippen molar-refractivity contribution in [1.82, 2.24) is 0 Å². The van der Waals surface area contributed by atoms with E-state index in [-0.39, 0.29) is 11.6 Å². The number of hydrogen-bond donors (Lipinski definition) is 0. The zero-order valence-electron chi connectivity index (χ0n) is 25.7. The van der Waals surface area contributed by atoms with E-state index in [1.807, 2.05) is 79.7 Å². The van der Waals surface area contributed by atoms with Crippen molar-refractivity contribution in [3.8, 4) is 11.5 Å². The maximum Gasteiger partial charge on any atom is 0.418 e. The standard InChI is InChI=1S/C36H39O5P/c1-9-27-29(35(37)33-23(5)17-21(3)18-24(33)6)13-11-15-31(27)40-42(39)41-32-16-12-14-30(28(32)10-2)36(38)34-25(7)19-22(4)20-26(34)8/h11-20,42H,9-10H2,1-8H3. The number of rotatable bonds is 10. The quantitative estimate of drug-likeness (QED) is 0.138. The molecule has 0 bridgehead atoms. The highest BCUT2D eigenvalue weighted by Crippen LogP contribution is 2.38. The van der Waals surface area contributed by atoms with Crippen molar-refractivity contribution in [1.29, 1.82) is 0 Å². The van der Waals surface area contributed by atoms with E-state index in [2.05, 4.69) is 0 Å². The second kappa shape index (κ2) is 12.9. The highest BCUT2D eigenvalue weighted by molar-refractivity contribution is 7.34. The fourth-order valence-corrected chi connectivity index (χ4v) is 6.81. The summed E-state index contributed by atoms with van der Waals surface area (Å²) in [6, 6.07) is 18.5. The average Bonchev–Trinajstić information content (AvgIpc) is 2.91. The van der Waals surface area contributed by atoms with Gasteiger partial charge in [0, 0.05) is 33.4 Å². The summed E-state index contributed by atoms with van der Waals surface area (Å²) in [5.74, 6) is 0.528. The van der Waals surface area contributed by atoms with Gasteiger partial charge in [0.2, 0.25) is 0 Å². The van der Waals surface area contributed by atoms with Gasteiger partial charge in [-0.25, -0.2) is 4.57 Å². The molecule has 0 saturated heterocycles. The van der Waals surface area contributed by atoms with Crippen molar-refractivity contribution in [2.24, 2.45) is 0 Å². The first-order valence-electron chi connectivity index (χ1n) is 14.3. The van der Waals surface area contributed by atoms with Crippen LogP contribution < -0.4 is 9.05 Å². The first-order chi connectivity index (χ1) is 20.0. The van der Waals surface area contributed by atoms with Crippen molar-refractivity contribution in [2.75, 3.05) is 0 Å². The monoisotopic (exact) mass is 582 g/mol. The molecule has 4 aromatic carbocycles. The molecule has 5 nitrogen and oxygen atoms in total. The van der Waals surface area contributed by atoms with Gasteiger partial charge in [-0.2, -0.15) is 0 Å². The molecule has 0 atom stereocenters. The molecule has 0 heterocycles. The van der Waals surface area contributed by atoms with E-state index in [1.165, 1.54) is 0 Å². The smallest absolute Gasteiger partial charge is 0.418 e. The van der Waals surface area contributed by atoms with Crippen LogP contribution in [0.1, 0.15) is 90.2 Å². The lowest BCUT2D eigenvalue weighted by Gasteiger charge is -2.18. The van der Waals surface area contributed by atoms with E-state index in [9.17, 15) is 14.2 Å². The molecule has 0 amide bonds. The molecular formula is C36H39O5P. The summed E-state index contributed by atoms with van der Waals surface area (Å²) >= 11 is 0. The Kier molecular flexibility index (Phi) is 9.53. The zero-order chi connectivity index (χ0) is 30.7. The summed E-state index contributed by atoms with van der Waals surface area (Å²) < 4.78 is 25.0. The molecule has 6 heteroatoms. The maximum absolute atomic E-state index is 13.7. The third kappa shape index (κ3) is 6.27. The van der Waals surface area contributed by atoms with E-state index >= 15 is 0 Å². The molecule has 0 fully saturated rings. The summed E-state index contributed by atoms with van der Waals surface area (Å²) in [7, 11) is -3.09. The highest BCUT2D eigenvalue weighted by Gasteiger charge is 2.23. The van der Waals surface area contributed by atoms with Crippen LogP contribution in [0.3, 0.4) is 0 Å². The molecule has 0 aliphatic carbocycles. The molecule has 0 saturated carbocycles. The van der Waals surface area contributed by atoms with Gasteiger partial charge in [-0.3, -0.25) is 9.59 Å². The van der Waals surface area contributed by atoms with Gasteiger partial charge in [0.25, 0.3) is 0 Å². The number of hydrogen-bond acceptors (Lipinski definition) is 5. The van der Waals surface area contributed by atoms with Crippen LogP contribution in [0, 0.1) is 41.5 Å². The van der Waals surface area contributed by atoms with Crippen LogP contribution in [0.4, 0.5) is 0 Å². The molecule has 4 aromatic rings. The van der Waals surface area contributed by atoms with Crippen LogP contribution in [0.5, 0.6) is 11.5 Å². The van der Waals surface area contributed by atoms with Gasteiger partial charge in [-0.1, -0.05) is 73.5 Å². The third-order valence-electron chi connectivity index (χ3n) is 7.66. The number of carbonyl (C=O) groups is 2. The summed E-state index contributed by atoms with van der Waals surface area (Å²) in [5, 5.41) is 0. The SMILES string of the molecule is CCc1c(O[PH](=O)Oc2cccc(C(=O)c3c(C)cc(C)cc3C)c2CC)cccc1C(=O)c1c(C)cc(C)cc1C. The predicted molar refractivity (Wildman–Crippen MR) is 170 cm³/mol. The van der Waals surface area contributed by atoms with Crippen molar-refractivity contribution < 1.29 is 23.2 Å². The highest BCUT2D eigenvalue weighted by atomic mass is 31.1. The minimum absolute atomic E-state index is 0.0888. The summed E-state index contributed by atoms with van der Waals surface area (Å²) in [6.07, 6.45) is 1.02. The first-order valence-corrected chi connectivity index (χ1v) is 15.6. The summed E-state index contributed by atoms with van der Waals surface area (Å²) in [5.41, 5.74) is 9.60. The molecular weight excluding hydrogens is 543 g/mol. The van der Waals surface area contributed by atoms with Crippen LogP contribution in [-0.2, 0) is 17.4 Å². The zero-order valence-corrected chi connectivity index (χ0v) is 26.7. The van der Waals surface area contributed by atoms with Crippen LogP contribution in [0.25, 0.3) is 0 Å². The largest absolute Gasteiger partial charge is 0.418 e. The second-order valence-electron chi connectivity index (χ2n) is 10.9. The Bertz CT molecular complexity index is 1550. The lowest BCUT2D eigenvalue weighted by Crippen LogP contribution is -2.11. The average molecular weight is 583 g/mol. The molecule has 0 N–H and O–H groups in total. The van der Waals surface area contributed by atoms with Crippen molar-refractivity contribution in [3.05, 3.63) is 127 Å². The number of aryl methyl sites for hydroxylation is 6. The first kappa shape index (κ1) is 31.0. The fraction of sp³-hybridized carbons (Fsp3) is 0.278. The third-order valence-corrected chi connectivity index (χ3v) is 8.43. The van der Waals surface area contributed by atoms with E-state index in [0.29, 0.717) is 57.7 Å². The second-order valence-corrected chi connectivity index (χ2v) is 11.8. The van der Waals surface area contributed by atoms with Gasteiger partial charge in [-0.05, 0) is 88.8 Å². The lowest BCUT2D eigenvalue weighted by atomic mass is 9.90. The molecule has 0 spiro atoms. The van der Waals surface area contributed by atoms with E-state index in [0.717, 1.165) is 33.4 Å². The summed E-state index contributed by atoms with van der Waals surface area (Å²) in [6.45, 7) is 15.7. The lowest BCUT2D eigenvalue weighted by molar-refractivity contribution is 0.102. The fourth-order valence-electron chi connectivity index (χ4n) is 6.02. The van der Waals surface area contributed by atoms with Crippen LogP contribution >= 0.6 is 8.25 Å². The van der Waals surface area contributed by atoms with Crippen LogP contribution in [0.2, 0.25) is 0 Å². The molecule has 0 aliphatic rings. The molecule has 0 radical (unpaired) electrons. The van der Waals surface area contributed by atoms with Gasteiger partial charge in [-0.15, -0.1) is 0 Å². The Labute approximate surface area is 249 Å². The van der Waals surface area contributed by atoms with Crippen LogP contribution in [0.15, 0.2) is 60.7 Å². The molecule has 0 aliphatic heterocycles. The minimum Gasteiger partial charge on any atom is -0.418 e. The maximum atomic E-state index is 13.7. The van der Waals surface area contributed by atoms with Crippen molar-refractivity contribution in [3.63, 3.8) is 0 Å². The molecule has 0 unspecified atom stereocenters. The molecule has 4 rings (SSSR count). The van der Waals surface area contributed by atoms with Crippen molar-refractivity contribution >= 4 is 19.8 Å². The number of benzene rings is 4. The van der Waals surface area contributed by atoms with Gasteiger partial charge in [0.1, 0.15) is 11.5 Å². The molecule has 218 valence electrons. The Morgan fingerprint density at radius 2 is 0.929 bits per heavy atom. The Hall–Kier alpha value is -3.95. The van der Waals surface area contributed by atoms with Crippen LogP contribution in [-0.4, -0.2) is 11.6 Å². The number of carbonyl (C=O) groups excluding carboxylic acids is 2.